The van der Waals surface area contributed by atoms with Crippen LogP contribution in [0.3, 0.4) is 0 Å². The van der Waals surface area contributed by atoms with Gasteiger partial charge >= 0.3 is 5.97 Å². The Bertz CT molecular complexity index is 954. The average molecular weight is 370 g/mol. The molecule has 0 fully saturated rings. The van der Waals surface area contributed by atoms with Gasteiger partial charge in [0.2, 0.25) is 5.82 Å². The molecular weight excluding hydrogens is 351 g/mol. The molecule has 2 aromatic heterocycles. The van der Waals surface area contributed by atoms with E-state index in [4.69, 9.17) is 9.26 Å². The number of ether oxygens (including phenoxy) is 1. The van der Waals surface area contributed by atoms with Crippen LogP contribution in [0, 0.1) is 12.7 Å². The number of carbonyl (C=O) groups excluding carboxylic acids is 1. The summed E-state index contributed by atoms with van der Waals surface area (Å²) in [7, 11) is 3.71. The molecule has 0 aliphatic heterocycles. The Morgan fingerprint density at radius 2 is 2.04 bits per heavy atom. The molecule has 0 unspecified atom stereocenters. The molecule has 3 rings (SSSR count). The predicted octanol–water partition coefficient (Wildman–Crippen LogP) is 3.56. The normalized spacial score (nSPS) is 11.9. The Morgan fingerprint density at radius 3 is 2.67 bits per heavy atom. The maximum atomic E-state index is 13.7. The third kappa shape index (κ3) is 4.11. The molecule has 0 radical (unpaired) electrons. The Morgan fingerprint density at radius 1 is 1.26 bits per heavy atom. The van der Waals surface area contributed by atoms with Crippen molar-refractivity contribution in [2.24, 2.45) is 0 Å². The van der Waals surface area contributed by atoms with Crippen molar-refractivity contribution in [2.75, 3.05) is 19.0 Å². The quantitative estimate of drug-likeness (QED) is 0.635. The molecule has 0 saturated heterocycles. The maximum Gasteiger partial charge on any atom is 0.340 e. The van der Waals surface area contributed by atoms with Gasteiger partial charge in [-0.3, -0.25) is 0 Å². The Balaban J connectivity index is 1.71. The second-order valence-electron chi connectivity index (χ2n) is 6.27. The highest BCUT2D eigenvalue weighted by Gasteiger charge is 2.21. The first-order valence-electron chi connectivity index (χ1n) is 8.29. The van der Waals surface area contributed by atoms with E-state index >= 15 is 0 Å². The summed E-state index contributed by atoms with van der Waals surface area (Å²) in [6.07, 6.45) is 0.682. The predicted molar refractivity (Wildman–Crippen MR) is 96.8 cm³/mol. The molecule has 1 atom stereocenters. The number of aromatic nitrogens is 3. The van der Waals surface area contributed by atoms with Gasteiger partial charge in [-0.1, -0.05) is 17.3 Å². The molecule has 7 nitrogen and oxygen atoms in total. The van der Waals surface area contributed by atoms with Gasteiger partial charge in [-0.05, 0) is 37.6 Å². The molecule has 1 aromatic carbocycles. The van der Waals surface area contributed by atoms with Gasteiger partial charge in [0.05, 0.1) is 5.56 Å². The first-order valence-corrected chi connectivity index (χ1v) is 8.29. The number of hydrogen-bond donors (Lipinski definition) is 0. The van der Waals surface area contributed by atoms with E-state index in [1.165, 1.54) is 12.3 Å². The smallest absolute Gasteiger partial charge is 0.340 e. The first-order chi connectivity index (χ1) is 12.8. The molecule has 2 heterocycles. The summed E-state index contributed by atoms with van der Waals surface area (Å²) in [5, 5.41) is 3.83. The van der Waals surface area contributed by atoms with Gasteiger partial charge in [-0.25, -0.2) is 14.2 Å². The van der Waals surface area contributed by atoms with E-state index in [2.05, 4.69) is 15.1 Å². The summed E-state index contributed by atoms with van der Waals surface area (Å²) >= 11 is 0. The standard InChI is InChI=1S/C19H19FN4O3/c1-11-5-6-13(9-15(11)20)17-22-18(27-23-17)12(2)26-19(25)14-7-8-16(21-10-14)24(3)4/h5-10,12H,1-4H3/t12-/m1/s1. The Labute approximate surface area is 155 Å². The topological polar surface area (TPSA) is 81.4 Å². The number of anilines is 1. The molecule has 0 saturated carbocycles. The Kier molecular flexibility index (Phi) is 5.16. The molecule has 0 aliphatic rings. The van der Waals surface area contributed by atoms with E-state index in [-0.39, 0.29) is 17.5 Å². The highest BCUT2D eigenvalue weighted by Crippen LogP contribution is 2.23. The van der Waals surface area contributed by atoms with E-state index < -0.39 is 12.1 Å². The minimum absolute atomic E-state index is 0.122. The summed E-state index contributed by atoms with van der Waals surface area (Å²) in [4.78, 5) is 22.4. The molecule has 3 aromatic rings. The van der Waals surface area contributed by atoms with Crippen LogP contribution in [0.2, 0.25) is 0 Å². The van der Waals surface area contributed by atoms with Crippen molar-refractivity contribution in [1.82, 2.24) is 15.1 Å². The molecule has 0 aliphatic carbocycles. The lowest BCUT2D eigenvalue weighted by atomic mass is 10.1. The van der Waals surface area contributed by atoms with Crippen LogP contribution < -0.4 is 4.90 Å². The molecular formula is C19H19FN4O3. The number of benzene rings is 1. The molecule has 0 bridgehead atoms. The van der Waals surface area contributed by atoms with Crippen LogP contribution >= 0.6 is 0 Å². The Hall–Kier alpha value is -3.29. The van der Waals surface area contributed by atoms with Crippen molar-refractivity contribution < 1.29 is 18.4 Å². The summed E-state index contributed by atoms with van der Waals surface area (Å²) in [6.45, 7) is 3.29. The highest BCUT2D eigenvalue weighted by molar-refractivity contribution is 5.89. The van der Waals surface area contributed by atoms with E-state index in [1.54, 1.807) is 38.1 Å². The molecule has 0 N–H and O–H groups in total. The average Bonchev–Trinajstić information content (AvgIpc) is 3.14. The van der Waals surface area contributed by atoms with Crippen molar-refractivity contribution in [1.29, 1.82) is 0 Å². The maximum absolute atomic E-state index is 13.7. The third-order valence-electron chi connectivity index (χ3n) is 3.95. The van der Waals surface area contributed by atoms with Crippen LogP contribution in [-0.2, 0) is 4.74 Å². The summed E-state index contributed by atoms with van der Waals surface area (Å²) in [5.41, 5.74) is 1.32. The SMILES string of the molecule is Cc1ccc(-c2noc([C@@H](C)OC(=O)c3ccc(N(C)C)nc3)n2)cc1F. The van der Waals surface area contributed by atoms with Gasteiger partial charge in [0.1, 0.15) is 11.6 Å². The summed E-state index contributed by atoms with van der Waals surface area (Å²) < 4.78 is 24.2. The van der Waals surface area contributed by atoms with Gasteiger partial charge in [0.25, 0.3) is 5.89 Å². The van der Waals surface area contributed by atoms with Gasteiger partial charge in [0.15, 0.2) is 6.10 Å². The van der Waals surface area contributed by atoms with Crippen LogP contribution in [0.1, 0.15) is 34.8 Å². The van der Waals surface area contributed by atoms with Gasteiger partial charge in [0, 0.05) is 25.9 Å². The number of pyridine rings is 1. The monoisotopic (exact) mass is 370 g/mol. The summed E-state index contributed by atoms with van der Waals surface area (Å²) in [5.74, 6) is 0.168. The number of carbonyl (C=O) groups is 1. The summed E-state index contributed by atoms with van der Waals surface area (Å²) in [6, 6.07) is 8.01. The zero-order valence-corrected chi connectivity index (χ0v) is 15.4. The second kappa shape index (κ2) is 7.53. The van der Waals surface area contributed by atoms with Gasteiger partial charge in [-0.15, -0.1) is 0 Å². The molecule has 27 heavy (non-hydrogen) atoms. The lowest BCUT2D eigenvalue weighted by molar-refractivity contribution is 0.0265. The largest absolute Gasteiger partial charge is 0.449 e. The van der Waals surface area contributed by atoms with Crippen LogP contribution in [0.5, 0.6) is 0 Å². The van der Waals surface area contributed by atoms with Crippen LogP contribution in [-0.4, -0.2) is 35.2 Å². The minimum Gasteiger partial charge on any atom is -0.449 e. The second-order valence-corrected chi connectivity index (χ2v) is 6.27. The number of hydrogen-bond acceptors (Lipinski definition) is 7. The van der Waals surface area contributed by atoms with Crippen LogP contribution in [0.4, 0.5) is 10.2 Å². The fraction of sp³-hybridized carbons (Fsp3) is 0.263. The van der Waals surface area contributed by atoms with Crippen molar-refractivity contribution in [3.8, 4) is 11.4 Å². The van der Waals surface area contributed by atoms with Crippen molar-refractivity contribution in [2.45, 2.75) is 20.0 Å². The first kappa shape index (κ1) is 18.5. The van der Waals surface area contributed by atoms with Crippen molar-refractivity contribution >= 4 is 11.8 Å². The van der Waals surface area contributed by atoms with E-state index in [0.717, 1.165) is 5.82 Å². The zero-order valence-electron chi connectivity index (χ0n) is 15.4. The molecule has 0 spiro atoms. The number of aryl methyl sites for hydroxylation is 1. The van der Waals surface area contributed by atoms with Gasteiger partial charge < -0.3 is 14.2 Å². The number of esters is 1. The lowest BCUT2D eigenvalue weighted by Crippen LogP contribution is -2.13. The van der Waals surface area contributed by atoms with E-state index in [1.807, 2.05) is 19.0 Å². The fourth-order valence-corrected chi connectivity index (χ4v) is 2.30. The number of nitrogens with zero attached hydrogens (tertiary/aromatic N) is 4. The fourth-order valence-electron chi connectivity index (χ4n) is 2.30. The highest BCUT2D eigenvalue weighted by atomic mass is 19.1. The van der Waals surface area contributed by atoms with E-state index in [0.29, 0.717) is 16.7 Å². The lowest BCUT2D eigenvalue weighted by Gasteiger charge is -2.12. The van der Waals surface area contributed by atoms with Crippen LogP contribution in [0.25, 0.3) is 11.4 Å². The minimum atomic E-state index is -0.762. The third-order valence-corrected chi connectivity index (χ3v) is 3.95. The number of halogens is 1. The zero-order chi connectivity index (χ0) is 19.6. The molecule has 140 valence electrons. The van der Waals surface area contributed by atoms with Crippen molar-refractivity contribution in [3.05, 3.63) is 59.4 Å². The van der Waals surface area contributed by atoms with Gasteiger partial charge in [-0.2, -0.15) is 4.98 Å². The molecule has 0 amide bonds. The van der Waals surface area contributed by atoms with Crippen molar-refractivity contribution in [3.63, 3.8) is 0 Å². The van der Waals surface area contributed by atoms with E-state index in [9.17, 15) is 9.18 Å². The molecule has 8 heteroatoms. The van der Waals surface area contributed by atoms with Crippen LogP contribution in [0.15, 0.2) is 41.1 Å². The number of rotatable bonds is 5.